The van der Waals surface area contributed by atoms with Crippen LogP contribution < -0.4 is 9.47 Å². The Kier molecular flexibility index (Phi) is 6.12. The third-order valence-electron chi connectivity index (χ3n) is 6.76. The van der Waals surface area contributed by atoms with Crippen molar-refractivity contribution < 1.29 is 19.1 Å². The summed E-state index contributed by atoms with van der Waals surface area (Å²) in [6, 6.07) is 13.5. The second-order valence-corrected chi connectivity index (χ2v) is 8.97. The fourth-order valence-corrected chi connectivity index (χ4v) is 4.96. The largest absolute Gasteiger partial charge is 0.486 e. The molecule has 1 amide bonds. The number of ketones is 1. The third-order valence-corrected chi connectivity index (χ3v) is 6.76. The maximum absolute atomic E-state index is 13.1. The fourth-order valence-electron chi connectivity index (χ4n) is 4.96. The molecule has 6 heteroatoms. The molecule has 2 saturated heterocycles. The summed E-state index contributed by atoms with van der Waals surface area (Å²) in [5, 5.41) is 0. The first kappa shape index (κ1) is 21.0. The summed E-state index contributed by atoms with van der Waals surface area (Å²) < 4.78 is 11.2. The maximum atomic E-state index is 13.1. The van der Waals surface area contributed by atoms with Gasteiger partial charge in [-0.1, -0.05) is 12.1 Å². The molecule has 0 bridgehead atoms. The van der Waals surface area contributed by atoms with Crippen molar-refractivity contribution >= 4 is 11.7 Å². The van der Waals surface area contributed by atoms with E-state index in [0.717, 1.165) is 25.2 Å². The van der Waals surface area contributed by atoms with Crippen LogP contribution in [-0.4, -0.2) is 60.9 Å². The van der Waals surface area contributed by atoms with E-state index in [1.807, 2.05) is 35.2 Å². The third kappa shape index (κ3) is 4.51. The van der Waals surface area contributed by atoms with Gasteiger partial charge in [0.1, 0.15) is 13.2 Å². The SMILES string of the molecule is O=C(c1ccc2c(c1)OCCO2)C1CCN(C(=O)c2cccc(CN3CCCC3)c2)CC1. The van der Waals surface area contributed by atoms with E-state index in [4.69, 9.17) is 9.47 Å². The van der Waals surface area contributed by atoms with E-state index in [0.29, 0.717) is 56.2 Å². The molecule has 0 unspecified atom stereocenters. The Morgan fingerprint density at radius 3 is 2.38 bits per heavy atom. The molecule has 168 valence electrons. The number of hydrogen-bond acceptors (Lipinski definition) is 5. The van der Waals surface area contributed by atoms with Crippen molar-refractivity contribution in [3.05, 3.63) is 59.2 Å². The van der Waals surface area contributed by atoms with Crippen LogP contribution in [0.3, 0.4) is 0 Å². The van der Waals surface area contributed by atoms with Crippen LogP contribution in [0.2, 0.25) is 0 Å². The van der Waals surface area contributed by atoms with Crippen LogP contribution >= 0.6 is 0 Å². The Labute approximate surface area is 189 Å². The minimum Gasteiger partial charge on any atom is -0.486 e. The van der Waals surface area contributed by atoms with Crippen LogP contribution in [0.5, 0.6) is 11.5 Å². The molecule has 0 spiro atoms. The highest BCUT2D eigenvalue weighted by Crippen LogP contribution is 2.32. The van der Waals surface area contributed by atoms with Crippen LogP contribution in [-0.2, 0) is 6.54 Å². The molecule has 3 aliphatic heterocycles. The Balaban J connectivity index is 1.19. The lowest BCUT2D eigenvalue weighted by atomic mass is 9.88. The number of nitrogens with zero attached hydrogens (tertiary/aromatic N) is 2. The highest BCUT2D eigenvalue weighted by molar-refractivity contribution is 5.99. The standard InChI is InChI=1S/C26H30N2O4/c29-25(21-6-7-23-24(17-21)32-15-14-31-23)20-8-12-28(13-9-20)26(30)22-5-3-4-19(16-22)18-27-10-1-2-11-27/h3-7,16-17,20H,1-2,8-15,18H2. The predicted molar refractivity (Wildman–Crippen MR) is 121 cm³/mol. The van der Waals surface area contributed by atoms with Crippen molar-refractivity contribution in [2.24, 2.45) is 5.92 Å². The quantitative estimate of drug-likeness (QED) is 0.670. The van der Waals surface area contributed by atoms with E-state index in [2.05, 4.69) is 11.0 Å². The molecule has 5 rings (SSSR count). The minimum absolute atomic E-state index is 0.0666. The number of ether oxygens (including phenoxy) is 2. The number of benzene rings is 2. The lowest BCUT2D eigenvalue weighted by Gasteiger charge is -2.31. The molecule has 6 nitrogen and oxygen atoms in total. The van der Waals surface area contributed by atoms with E-state index in [9.17, 15) is 9.59 Å². The van der Waals surface area contributed by atoms with Gasteiger partial charge < -0.3 is 14.4 Å². The van der Waals surface area contributed by atoms with Gasteiger partial charge in [0.05, 0.1) is 0 Å². The first-order valence-corrected chi connectivity index (χ1v) is 11.7. The highest BCUT2D eigenvalue weighted by Gasteiger charge is 2.29. The molecule has 0 saturated carbocycles. The van der Waals surface area contributed by atoms with Gasteiger partial charge in [0.15, 0.2) is 17.3 Å². The zero-order valence-electron chi connectivity index (χ0n) is 18.4. The van der Waals surface area contributed by atoms with E-state index in [1.54, 1.807) is 6.07 Å². The number of piperidine rings is 1. The van der Waals surface area contributed by atoms with Crippen LogP contribution in [0.25, 0.3) is 0 Å². The molecule has 3 heterocycles. The number of hydrogen-bond donors (Lipinski definition) is 0. The Morgan fingerprint density at radius 2 is 1.59 bits per heavy atom. The molecule has 0 N–H and O–H groups in total. The van der Waals surface area contributed by atoms with Gasteiger partial charge in [-0.25, -0.2) is 0 Å². The lowest BCUT2D eigenvalue weighted by molar-refractivity contribution is 0.0650. The van der Waals surface area contributed by atoms with Gasteiger partial charge in [-0.05, 0) is 74.7 Å². The molecule has 2 aromatic carbocycles. The normalized spacial score (nSPS) is 19.2. The van der Waals surface area contributed by atoms with Gasteiger partial charge in [-0.15, -0.1) is 0 Å². The molecule has 2 fully saturated rings. The molecule has 2 aromatic rings. The van der Waals surface area contributed by atoms with Gasteiger partial charge in [0, 0.05) is 36.7 Å². The summed E-state index contributed by atoms with van der Waals surface area (Å²) in [5.41, 5.74) is 2.60. The number of fused-ring (bicyclic) bond motifs is 1. The van der Waals surface area contributed by atoms with Crippen molar-refractivity contribution in [2.75, 3.05) is 39.4 Å². The van der Waals surface area contributed by atoms with Crippen molar-refractivity contribution in [1.29, 1.82) is 0 Å². The first-order chi connectivity index (χ1) is 15.7. The van der Waals surface area contributed by atoms with E-state index in [1.165, 1.54) is 18.4 Å². The van der Waals surface area contributed by atoms with E-state index >= 15 is 0 Å². The minimum atomic E-state index is -0.0666. The average molecular weight is 435 g/mol. The number of rotatable bonds is 5. The molecule has 3 aliphatic rings. The van der Waals surface area contributed by atoms with Crippen molar-refractivity contribution in [3.63, 3.8) is 0 Å². The molecule has 0 atom stereocenters. The Bertz CT molecular complexity index is 991. The van der Waals surface area contributed by atoms with Crippen molar-refractivity contribution in [2.45, 2.75) is 32.2 Å². The van der Waals surface area contributed by atoms with Crippen LogP contribution in [0, 0.1) is 5.92 Å². The van der Waals surface area contributed by atoms with Crippen molar-refractivity contribution in [1.82, 2.24) is 9.80 Å². The molecular formula is C26H30N2O4. The summed E-state index contributed by atoms with van der Waals surface area (Å²) >= 11 is 0. The topological polar surface area (TPSA) is 59.1 Å². The monoisotopic (exact) mass is 434 g/mol. The average Bonchev–Trinajstić information content (AvgIpc) is 3.36. The van der Waals surface area contributed by atoms with Gasteiger partial charge >= 0.3 is 0 Å². The van der Waals surface area contributed by atoms with Crippen LogP contribution in [0.15, 0.2) is 42.5 Å². The number of carbonyl (C=O) groups excluding carboxylic acids is 2. The van der Waals surface area contributed by atoms with Crippen LogP contribution in [0.4, 0.5) is 0 Å². The fraction of sp³-hybridized carbons (Fsp3) is 0.462. The Hall–Kier alpha value is -2.86. The zero-order valence-corrected chi connectivity index (χ0v) is 18.4. The second-order valence-electron chi connectivity index (χ2n) is 8.97. The summed E-state index contributed by atoms with van der Waals surface area (Å²) in [5.74, 6) is 1.46. The van der Waals surface area contributed by atoms with Crippen molar-refractivity contribution in [3.8, 4) is 11.5 Å². The van der Waals surface area contributed by atoms with Gasteiger partial charge in [0.2, 0.25) is 0 Å². The maximum Gasteiger partial charge on any atom is 0.253 e. The number of carbonyl (C=O) groups is 2. The van der Waals surface area contributed by atoms with Crippen LogP contribution in [0.1, 0.15) is 52.0 Å². The highest BCUT2D eigenvalue weighted by atomic mass is 16.6. The summed E-state index contributed by atoms with van der Waals surface area (Å²) in [7, 11) is 0. The second kappa shape index (κ2) is 9.33. The zero-order chi connectivity index (χ0) is 21.9. The first-order valence-electron chi connectivity index (χ1n) is 11.7. The molecule has 0 aromatic heterocycles. The summed E-state index contributed by atoms with van der Waals surface area (Å²) in [6.07, 6.45) is 3.90. The predicted octanol–water partition coefficient (Wildman–Crippen LogP) is 3.79. The lowest BCUT2D eigenvalue weighted by Crippen LogP contribution is -2.40. The Morgan fingerprint density at radius 1 is 0.844 bits per heavy atom. The van der Waals surface area contributed by atoms with E-state index in [-0.39, 0.29) is 17.6 Å². The molecule has 32 heavy (non-hydrogen) atoms. The van der Waals surface area contributed by atoms with Gasteiger partial charge in [-0.3, -0.25) is 14.5 Å². The summed E-state index contributed by atoms with van der Waals surface area (Å²) in [6.45, 7) is 5.45. The van der Waals surface area contributed by atoms with Gasteiger partial charge in [-0.2, -0.15) is 0 Å². The molecule has 0 radical (unpaired) electrons. The van der Waals surface area contributed by atoms with E-state index < -0.39 is 0 Å². The summed E-state index contributed by atoms with van der Waals surface area (Å²) in [4.78, 5) is 30.5. The molecular weight excluding hydrogens is 404 g/mol. The number of Topliss-reactive ketones (excluding diaryl/α,β-unsaturated/α-hetero) is 1. The molecule has 0 aliphatic carbocycles. The number of likely N-dealkylation sites (tertiary alicyclic amines) is 2. The smallest absolute Gasteiger partial charge is 0.253 e. The number of amides is 1. The van der Waals surface area contributed by atoms with Gasteiger partial charge in [0.25, 0.3) is 5.91 Å².